The number of ether oxygens (including phenoxy) is 1. The topological polar surface area (TPSA) is 76.8 Å². The van der Waals surface area contributed by atoms with Crippen LogP contribution in [-0.4, -0.2) is 45.1 Å². The van der Waals surface area contributed by atoms with E-state index in [0.29, 0.717) is 34.4 Å². The van der Waals surface area contributed by atoms with Crippen LogP contribution in [-0.2, 0) is 4.79 Å². The van der Waals surface area contributed by atoms with Gasteiger partial charge in [0.15, 0.2) is 12.3 Å². The Kier molecular flexibility index (Phi) is 6.53. The van der Waals surface area contributed by atoms with E-state index in [1.807, 2.05) is 43.5 Å². The lowest BCUT2D eigenvalue weighted by atomic mass is 10.1. The molecule has 7 nitrogen and oxygen atoms in total. The number of carbonyl (C=O) groups excluding carboxylic acids is 1. The first-order valence-corrected chi connectivity index (χ1v) is 11.4. The molecular weight excluding hydrogens is 448 g/mol. The van der Waals surface area contributed by atoms with Crippen molar-refractivity contribution in [2.75, 3.05) is 19.7 Å². The van der Waals surface area contributed by atoms with Crippen LogP contribution in [0.3, 0.4) is 0 Å². The second kappa shape index (κ2) is 9.50. The minimum atomic E-state index is -0.387. The highest BCUT2D eigenvalue weighted by Gasteiger charge is 2.14. The van der Waals surface area contributed by atoms with Crippen LogP contribution in [0.25, 0.3) is 27.5 Å². The zero-order valence-corrected chi connectivity index (χ0v) is 19.2. The van der Waals surface area contributed by atoms with Gasteiger partial charge in [-0.2, -0.15) is 10.1 Å². The van der Waals surface area contributed by atoms with Crippen molar-refractivity contribution in [3.8, 4) is 28.3 Å². The summed E-state index contributed by atoms with van der Waals surface area (Å²) in [7, 11) is 0. The minimum Gasteiger partial charge on any atom is -0.484 e. The molecule has 0 aliphatic carbocycles. The Morgan fingerprint density at radius 2 is 1.72 bits per heavy atom. The van der Waals surface area contributed by atoms with Gasteiger partial charge < -0.3 is 9.64 Å². The van der Waals surface area contributed by atoms with Crippen molar-refractivity contribution in [2.24, 2.45) is 0 Å². The Hall–Kier alpha value is -3.23. The average molecular weight is 469 g/mol. The largest absolute Gasteiger partial charge is 0.484 e. The molecule has 1 amide bonds. The molecule has 4 aromatic rings. The van der Waals surface area contributed by atoms with Gasteiger partial charge in [-0.3, -0.25) is 9.59 Å². The molecule has 164 valence electrons. The van der Waals surface area contributed by atoms with Crippen LogP contribution in [0.15, 0.2) is 58.7 Å². The summed E-state index contributed by atoms with van der Waals surface area (Å²) in [6, 6.07) is 14.3. The lowest BCUT2D eigenvalue weighted by molar-refractivity contribution is -0.132. The number of rotatable bonds is 7. The molecule has 0 saturated heterocycles. The van der Waals surface area contributed by atoms with E-state index in [1.54, 1.807) is 33.7 Å². The fourth-order valence-electron chi connectivity index (χ4n) is 3.28. The lowest BCUT2D eigenvalue weighted by Gasteiger charge is -2.18. The zero-order chi connectivity index (χ0) is 22.7. The van der Waals surface area contributed by atoms with E-state index >= 15 is 0 Å². The van der Waals surface area contributed by atoms with Crippen molar-refractivity contribution in [1.29, 1.82) is 0 Å². The van der Waals surface area contributed by atoms with E-state index in [2.05, 4.69) is 10.1 Å². The minimum absolute atomic E-state index is 0.000632. The fraction of sp³-hybridized carbons (Fsp3) is 0.217. The van der Waals surface area contributed by atoms with Gasteiger partial charge in [-0.05, 0) is 50.2 Å². The normalized spacial score (nSPS) is 11.0. The molecule has 4 rings (SSSR count). The van der Waals surface area contributed by atoms with Gasteiger partial charge in [0, 0.05) is 34.6 Å². The van der Waals surface area contributed by atoms with Crippen molar-refractivity contribution < 1.29 is 9.53 Å². The molecule has 0 spiro atoms. The summed E-state index contributed by atoms with van der Waals surface area (Å²) in [6.45, 7) is 5.19. The molecule has 0 aliphatic heterocycles. The van der Waals surface area contributed by atoms with Crippen LogP contribution in [0.5, 0.6) is 5.75 Å². The van der Waals surface area contributed by atoms with Crippen LogP contribution in [0, 0.1) is 0 Å². The van der Waals surface area contributed by atoms with Crippen molar-refractivity contribution in [3.63, 3.8) is 0 Å². The smallest absolute Gasteiger partial charge is 0.300 e. The van der Waals surface area contributed by atoms with Gasteiger partial charge in [-0.1, -0.05) is 23.7 Å². The molecule has 0 bridgehead atoms. The maximum Gasteiger partial charge on any atom is 0.300 e. The van der Waals surface area contributed by atoms with Gasteiger partial charge in [-0.25, -0.2) is 4.52 Å². The Balaban J connectivity index is 1.60. The molecule has 0 unspecified atom stereocenters. The van der Waals surface area contributed by atoms with Crippen LogP contribution in [0.1, 0.15) is 13.8 Å². The molecule has 0 aliphatic rings. The molecular formula is C23H21ClN4O3S. The van der Waals surface area contributed by atoms with Gasteiger partial charge >= 0.3 is 5.56 Å². The molecule has 2 aromatic carbocycles. The summed E-state index contributed by atoms with van der Waals surface area (Å²) >= 11 is 7.30. The summed E-state index contributed by atoms with van der Waals surface area (Å²) in [6.07, 6.45) is 0. The Labute approximate surface area is 193 Å². The number of nitrogens with zero attached hydrogens (tertiary/aromatic N) is 4. The first-order valence-electron chi connectivity index (χ1n) is 10.2. The van der Waals surface area contributed by atoms with E-state index in [9.17, 15) is 9.59 Å². The third-order valence-electron chi connectivity index (χ3n) is 5.03. The summed E-state index contributed by atoms with van der Waals surface area (Å²) in [4.78, 5) is 31.0. The number of thiazole rings is 1. The highest BCUT2D eigenvalue weighted by atomic mass is 35.5. The lowest BCUT2D eigenvalue weighted by Crippen LogP contribution is -2.34. The van der Waals surface area contributed by atoms with Crippen molar-refractivity contribution >= 4 is 33.8 Å². The fourth-order valence-corrected chi connectivity index (χ4v) is 4.23. The molecule has 0 N–H and O–H groups in total. The molecule has 2 heterocycles. The van der Waals surface area contributed by atoms with Gasteiger partial charge in [-0.15, -0.1) is 11.3 Å². The number of hydrogen-bond acceptors (Lipinski definition) is 6. The first kappa shape index (κ1) is 22.0. The quantitative estimate of drug-likeness (QED) is 0.402. The predicted molar refractivity (Wildman–Crippen MR) is 126 cm³/mol. The Morgan fingerprint density at radius 1 is 1.06 bits per heavy atom. The monoisotopic (exact) mass is 468 g/mol. The van der Waals surface area contributed by atoms with Crippen LogP contribution in [0.2, 0.25) is 5.02 Å². The predicted octanol–water partition coefficient (Wildman–Crippen LogP) is 4.39. The van der Waals surface area contributed by atoms with E-state index in [4.69, 9.17) is 16.3 Å². The maximum absolute atomic E-state index is 12.5. The SMILES string of the molecule is CCN(CC)C(=O)COc1ccc(-c2csc3nc(=O)c(-c4ccc(Cl)cc4)nn23)cc1. The van der Waals surface area contributed by atoms with Crippen molar-refractivity contribution in [3.05, 3.63) is 69.3 Å². The average Bonchev–Trinajstić information content (AvgIpc) is 3.21. The second-order valence-electron chi connectivity index (χ2n) is 6.97. The molecule has 32 heavy (non-hydrogen) atoms. The number of benzene rings is 2. The molecule has 0 atom stereocenters. The second-order valence-corrected chi connectivity index (χ2v) is 8.24. The van der Waals surface area contributed by atoms with Gasteiger partial charge in [0.1, 0.15) is 5.75 Å². The van der Waals surface area contributed by atoms with E-state index < -0.39 is 0 Å². The van der Waals surface area contributed by atoms with Gasteiger partial charge in [0.2, 0.25) is 4.96 Å². The van der Waals surface area contributed by atoms with Crippen LogP contribution >= 0.6 is 22.9 Å². The number of halogens is 1. The molecule has 0 radical (unpaired) electrons. The third-order valence-corrected chi connectivity index (χ3v) is 6.10. The highest BCUT2D eigenvalue weighted by molar-refractivity contribution is 7.15. The Morgan fingerprint density at radius 3 is 2.38 bits per heavy atom. The Bertz CT molecular complexity index is 1300. The summed E-state index contributed by atoms with van der Waals surface area (Å²) < 4.78 is 7.30. The van der Waals surface area contributed by atoms with E-state index in [0.717, 1.165) is 11.3 Å². The van der Waals surface area contributed by atoms with Crippen molar-refractivity contribution in [1.82, 2.24) is 19.5 Å². The molecule has 9 heteroatoms. The number of fused-ring (bicyclic) bond motifs is 1. The van der Waals surface area contributed by atoms with Gasteiger partial charge in [0.05, 0.1) is 5.69 Å². The number of carbonyl (C=O) groups is 1. The van der Waals surface area contributed by atoms with Crippen molar-refractivity contribution in [2.45, 2.75) is 13.8 Å². The summed E-state index contributed by atoms with van der Waals surface area (Å²) in [5.41, 5.74) is 2.22. The molecule has 0 saturated carbocycles. The van der Waals surface area contributed by atoms with Crippen LogP contribution in [0.4, 0.5) is 0 Å². The van der Waals surface area contributed by atoms with E-state index in [1.165, 1.54) is 11.3 Å². The highest BCUT2D eigenvalue weighted by Crippen LogP contribution is 2.27. The van der Waals surface area contributed by atoms with E-state index in [-0.39, 0.29) is 23.8 Å². The summed E-state index contributed by atoms with van der Waals surface area (Å²) in [5, 5.41) is 7.05. The first-order chi connectivity index (χ1) is 15.5. The molecule has 0 fully saturated rings. The standard InChI is InChI=1S/C23H21ClN4O3S/c1-3-27(4-2)20(29)13-31-18-11-7-15(8-12-18)19-14-32-23-25-22(30)21(26-28(19)23)16-5-9-17(24)10-6-16/h5-12,14H,3-4,13H2,1-2H3. The zero-order valence-electron chi connectivity index (χ0n) is 17.6. The third kappa shape index (κ3) is 4.51. The molecule has 2 aromatic heterocycles. The van der Waals surface area contributed by atoms with Crippen LogP contribution < -0.4 is 10.3 Å². The van der Waals surface area contributed by atoms with Gasteiger partial charge in [0.25, 0.3) is 5.91 Å². The number of amides is 1. The number of aromatic nitrogens is 3. The summed E-state index contributed by atoms with van der Waals surface area (Å²) in [5.74, 6) is 0.561. The number of hydrogen-bond donors (Lipinski definition) is 0. The maximum atomic E-state index is 12.5. The number of likely N-dealkylation sites (N-methyl/N-ethyl adjacent to an activating group) is 1.